The van der Waals surface area contributed by atoms with E-state index in [9.17, 15) is 15.2 Å². The molecule has 1 atom stereocenters. The van der Waals surface area contributed by atoms with Crippen LogP contribution in [0.15, 0.2) is 66.7 Å². The fourth-order valence-corrected chi connectivity index (χ4v) is 3.31. The van der Waals surface area contributed by atoms with Gasteiger partial charge in [-0.15, -0.1) is 0 Å². The minimum Gasteiger partial charge on any atom is -0.384 e. The molecule has 1 aliphatic rings. The van der Waals surface area contributed by atoms with Crippen molar-refractivity contribution in [2.75, 3.05) is 0 Å². The molecule has 4 nitrogen and oxygen atoms in total. The Labute approximate surface area is 139 Å². The highest BCUT2D eigenvalue weighted by molar-refractivity contribution is 5.77. The van der Waals surface area contributed by atoms with Crippen LogP contribution >= 0.6 is 0 Å². The predicted octanol–water partition coefficient (Wildman–Crippen LogP) is 4.25. The third-order valence-electron chi connectivity index (χ3n) is 4.55. The van der Waals surface area contributed by atoms with E-state index in [1.54, 1.807) is 12.1 Å². The molecule has 3 aromatic carbocycles. The van der Waals surface area contributed by atoms with Crippen molar-refractivity contribution in [1.29, 1.82) is 0 Å². The molecular weight excluding hydrogens is 302 g/mol. The van der Waals surface area contributed by atoms with Gasteiger partial charge < -0.3 is 5.11 Å². The summed E-state index contributed by atoms with van der Waals surface area (Å²) in [4.78, 5) is 10.3. The van der Waals surface area contributed by atoms with Crippen LogP contribution in [-0.4, -0.2) is 10.0 Å². The van der Waals surface area contributed by atoms with E-state index < -0.39 is 11.0 Å². The first-order valence-corrected chi connectivity index (χ1v) is 7.77. The van der Waals surface area contributed by atoms with Gasteiger partial charge in [-0.25, -0.2) is 0 Å². The molecule has 24 heavy (non-hydrogen) atoms. The Hall–Kier alpha value is -2.98. The molecule has 1 aliphatic carbocycles. The normalized spacial score (nSPS) is 13.2. The Morgan fingerprint density at radius 2 is 1.54 bits per heavy atom. The molecule has 0 saturated heterocycles. The van der Waals surface area contributed by atoms with Gasteiger partial charge in [-0.2, -0.15) is 0 Å². The first-order valence-electron chi connectivity index (χ1n) is 7.77. The van der Waals surface area contributed by atoms with Crippen LogP contribution in [-0.2, 0) is 6.42 Å². The van der Waals surface area contributed by atoms with Crippen molar-refractivity contribution in [1.82, 2.24) is 0 Å². The van der Waals surface area contributed by atoms with Gasteiger partial charge in [-0.3, -0.25) is 10.1 Å². The lowest BCUT2D eigenvalue weighted by atomic mass is 9.97. The van der Waals surface area contributed by atoms with E-state index in [0.717, 1.165) is 12.0 Å². The van der Waals surface area contributed by atoms with Crippen LogP contribution in [0.25, 0.3) is 11.1 Å². The highest BCUT2D eigenvalue weighted by Crippen LogP contribution is 2.38. The first-order chi connectivity index (χ1) is 11.6. The van der Waals surface area contributed by atoms with Crippen LogP contribution < -0.4 is 0 Å². The predicted molar refractivity (Wildman–Crippen MR) is 91.8 cm³/mol. The van der Waals surface area contributed by atoms with Gasteiger partial charge in [-0.1, -0.05) is 42.5 Å². The zero-order chi connectivity index (χ0) is 16.7. The molecule has 1 N–H and O–H groups in total. The van der Waals surface area contributed by atoms with Crippen molar-refractivity contribution in [3.05, 3.63) is 99.1 Å². The number of nitro groups is 1. The Kier molecular flexibility index (Phi) is 3.40. The number of non-ortho nitro benzene ring substituents is 1. The number of rotatable bonds is 3. The maximum absolute atomic E-state index is 10.7. The minimum atomic E-state index is -0.792. The molecule has 4 heteroatoms. The molecule has 118 valence electrons. The molecule has 0 heterocycles. The Balaban J connectivity index is 1.66. The number of nitro benzene ring substituents is 1. The fourth-order valence-electron chi connectivity index (χ4n) is 3.31. The molecule has 0 spiro atoms. The monoisotopic (exact) mass is 317 g/mol. The molecule has 0 saturated carbocycles. The number of nitrogens with zero attached hydrogens (tertiary/aromatic N) is 1. The van der Waals surface area contributed by atoms with Gasteiger partial charge in [0.05, 0.1) is 4.92 Å². The lowest BCUT2D eigenvalue weighted by Crippen LogP contribution is -2.01. The number of hydrogen-bond donors (Lipinski definition) is 1. The molecule has 0 aliphatic heterocycles. The molecule has 0 aromatic heterocycles. The maximum atomic E-state index is 10.7. The second kappa shape index (κ2) is 5.58. The van der Waals surface area contributed by atoms with Crippen LogP contribution in [0.3, 0.4) is 0 Å². The number of fused-ring (bicyclic) bond motifs is 3. The number of aliphatic hydroxyl groups excluding tert-OH is 1. The first kappa shape index (κ1) is 14.6. The van der Waals surface area contributed by atoms with Gasteiger partial charge in [0.2, 0.25) is 0 Å². The molecule has 0 fully saturated rings. The quantitative estimate of drug-likeness (QED) is 0.454. The highest BCUT2D eigenvalue weighted by atomic mass is 16.6. The van der Waals surface area contributed by atoms with Gasteiger partial charge in [0, 0.05) is 12.1 Å². The average molecular weight is 317 g/mol. The molecule has 0 bridgehead atoms. The summed E-state index contributed by atoms with van der Waals surface area (Å²) in [6.45, 7) is 0. The van der Waals surface area contributed by atoms with E-state index >= 15 is 0 Å². The summed E-state index contributed by atoms with van der Waals surface area (Å²) in [6.07, 6.45) is 0.0756. The van der Waals surface area contributed by atoms with E-state index in [-0.39, 0.29) is 5.69 Å². The van der Waals surface area contributed by atoms with Crippen molar-refractivity contribution in [2.45, 2.75) is 12.5 Å². The number of aliphatic hydroxyl groups is 1. The standard InChI is InChI=1S/C20H15NO3/c22-20(13-5-8-17(9-6-13)21(23)24)15-7-10-19-16(12-15)11-14-3-1-2-4-18(14)19/h1-10,12,20,22H,11H2/t20-/m0/s1. The van der Waals surface area contributed by atoms with Crippen LogP contribution in [0.5, 0.6) is 0 Å². The minimum absolute atomic E-state index is 0.0235. The summed E-state index contributed by atoms with van der Waals surface area (Å²) in [5.41, 5.74) is 6.44. The highest BCUT2D eigenvalue weighted by Gasteiger charge is 2.20. The van der Waals surface area contributed by atoms with E-state index in [1.807, 2.05) is 30.3 Å². The number of hydrogen-bond acceptors (Lipinski definition) is 3. The van der Waals surface area contributed by atoms with Crippen LogP contribution in [0.2, 0.25) is 0 Å². The van der Waals surface area contributed by atoms with Crippen molar-refractivity contribution in [2.24, 2.45) is 0 Å². The summed E-state index contributed by atoms with van der Waals surface area (Å²) in [5.74, 6) is 0. The van der Waals surface area contributed by atoms with E-state index in [4.69, 9.17) is 0 Å². The Morgan fingerprint density at radius 1 is 0.875 bits per heavy atom. The molecule has 3 aromatic rings. The van der Waals surface area contributed by atoms with Gasteiger partial charge in [0.15, 0.2) is 0 Å². The maximum Gasteiger partial charge on any atom is 0.269 e. The van der Waals surface area contributed by atoms with Crippen molar-refractivity contribution in [3.8, 4) is 11.1 Å². The van der Waals surface area contributed by atoms with Crippen molar-refractivity contribution in [3.63, 3.8) is 0 Å². The van der Waals surface area contributed by atoms with Crippen molar-refractivity contribution < 1.29 is 10.0 Å². The summed E-state index contributed by atoms with van der Waals surface area (Å²) < 4.78 is 0. The lowest BCUT2D eigenvalue weighted by Gasteiger charge is -2.13. The topological polar surface area (TPSA) is 63.4 Å². The third-order valence-corrected chi connectivity index (χ3v) is 4.55. The fraction of sp³-hybridized carbons (Fsp3) is 0.100. The average Bonchev–Trinajstić information content (AvgIpc) is 2.99. The second-order valence-corrected chi connectivity index (χ2v) is 6.00. The number of benzene rings is 3. The smallest absolute Gasteiger partial charge is 0.269 e. The lowest BCUT2D eigenvalue weighted by molar-refractivity contribution is -0.384. The van der Waals surface area contributed by atoms with E-state index in [2.05, 4.69) is 12.1 Å². The second-order valence-electron chi connectivity index (χ2n) is 6.00. The SMILES string of the molecule is O=[N+]([O-])c1ccc([C@H](O)c2ccc3c(c2)Cc2ccccc2-3)cc1. The summed E-state index contributed by atoms with van der Waals surface area (Å²) >= 11 is 0. The molecule has 4 rings (SSSR count). The Morgan fingerprint density at radius 3 is 2.29 bits per heavy atom. The summed E-state index contributed by atoms with van der Waals surface area (Å²) in [5, 5.41) is 21.3. The molecule has 0 amide bonds. The van der Waals surface area contributed by atoms with Gasteiger partial charge in [0.1, 0.15) is 6.10 Å². The summed E-state index contributed by atoms with van der Waals surface area (Å²) in [6, 6.07) is 20.4. The third kappa shape index (κ3) is 2.37. The Bertz CT molecular complexity index is 932. The molecule has 0 unspecified atom stereocenters. The van der Waals surface area contributed by atoms with Gasteiger partial charge >= 0.3 is 0 Å². The van der Waals surface area contributed by atoms with Gasteiger partial charge in [0.25, 0.3) is 5.69 Å². The van der Waals surface area contributed by atoms with Gasteiger partial charge in [-0.05, 0) is 51.9 Å². The molecule has 0 radical (unpaired) electrons. The molecular formula is C20H15NO3. The zero-order valence-corrected chi connectivity index (χ0v) is 12.8. The largest absolute Gasteiger partial charge is 0.384 e. The van der Waals surface area contributed by atoms with Crippen LogP contribution in [0, 0.1) is 10.1 Å². The van der Waals surface area contributed by atoms with Crippen molar-refractivity contribution >= 4 is 5.69 Å². The zero-order valence-electron chi connectivity index (χ0n) is 12.8. The van der Waals surface area contributed by atoms with E-state index in [1.165, 1.54) is 34.4 Å². The van der Waals surface area contributed by atoms with Crippen LogP contribution in [0.4, 0.5) is 5.69 Å². The van der Waals surface area contributed by atoms with E-state index in [0.29, 0.717) is 5.56 Å². The summed E-state index contributed by atoms with van der Waals surface area (Å²) in [7, 11) is 0. The van der Waals surface area contributed by atoms with Crippen LogP contribution in [0.1, 0.15) is 28.4 Å².